The predicted molar refractivity (Wildman–Crippen MR) is 122 cm³/mol. The summed E-state index contributed by atoms with van der Waals surface area (Å²) in [4.78, 5) is 2.05. The third-order valence-corrected chi connectivity index (χ3v) is 8.22. The first-order chi connectivity index (χ1) is 13.6. The second-order valence-electron chi connectivity index (χ2n) is 6.79. The Bertz CT molecular complexity index is 986. The van der Waals surface area contributed by atoms with E-state index in [9.17, 15) is 4.57 Å². The molecule has 140 valence electrons. The van der Waals surface area contributed by atoms with Gasteiger partial charge >= 0.3 is 0 Å². The summed E-state index contributed by atoms with van der Waals surface area (Å²) in [6.07, 6.45) is 0. The first kappa shape index (κ1) is 19.0. The molecule has 2 nitrogen and oxygen atoms in total. The van der Waals surface area contributed by atoms with Gasteiger partial charge < -0.3 is 0 Å². The minimum absolute atomic E-state index is 0.0170. The van der Waals surface area contributed by atoms with E-state index in [4.69, 9.17) is 0 Å². The molecule has 0 amide bonds. The lowest BCUT2D eigenvalue weighted by atomic mass is 10.1. The Hall–Kier alpha value is -2.32. The molecule has 1 heterocycles. The molecule has 0 aromatic heterocycles. The summed E-state index contributed by atoms with van der Waals surface area (Å²) in [6.45, 7) is 2.06. The summed E-state index contributed by atoms with van der Waals surface area (Å²) < 4.78 is 13.9. The van der Waals surface area contributed by atoms with Gasteiger partial charge in [0.2, 0.25) is 0 Å². The molecule has 1 aliphatic heterocycles. The van der Waals surface area contributed by atoms with Gasteiger partial charge in [-0.2, -0.15) is 0 Å². The van der Waals surface area contributed by atoms with E-state index >= 15 is 0 Å². The van der Waals surface area contributed by atoms with E-state index in [-0.39, 0.29) is 6.04 Å². The van der Waals surface area contributed by atoms with Crippen LogP contribution in [0.2, 0.25) is 0 Å². The van der Waals surface area contributed by atoms with Crippen LogP contribution in [-0.4, -0.2) is 0 Å². The number of hydrogen-bond donors (Lipinski definition) is 1. The molecular formula is C24H22NOPS. The molecule has 0 spiro atoms. The second-order valence-corrected chi connectivity index (χ2v) is 10.1. The molecule has 1 aliphatic rings. The molecular weight excluding hydrogens is 381 g/mol. The van der Waals surface area contributed by atoms with Crippen LogP contribution in [0, 0.1) is 0 Å². The molecule has 0 bridgehead atoms. The maximum absolute atomic E-state index is 13.9. The molecule has 0 saturated carbocycles. The van der Waals surface area contributed by atoms with E-state index in [0.29, 0.717) is 0 Å². The summed E-state index contributed by atoms with van der Waals surface area (Å²) in [5.74, 6) is 3.83. The first-order valence-electron chi connectivity index (χ1n) is 9.29. The Kier molecular flexibility index (Phi) is 5.68. The van der Waals surface area contributed by atoms with Crippen LogP contribution in [0.3, 0.4) is 0 Å². The summed E-state index contributed by atoms with van der Waals surface area (Å²) in [6, 6.07) is 30.5. The van der Waals surface area contributed by atoms with Gasteiger partial charge in [0.25, 0.3) is 0 Å². The summed E-state index contributed by atoms with van der Waals surface area (Å²) >= 11 is 1.67. The van der Waals surface area contributed by atoms with Gasteiger partial charge in [-0.25, -0.2) is 0 Å². The Balaban J connectivity index is 1.73. The Morgan fingerprint density at radius 3 is 1.61 bits per heavy atom. The molecule has 1 N–H and O–H groups in total. The monoisotopic (exact) mass is 403 g/mol. The highest BCUT2D eigenvalue weighted by molar-refractivity contribution is 8.17. The first-order valence-corrected chi connectivity index (χ1v) is 12.0. The van der Waals surface area contributed by atoms with Gasteiger partial charge in [0, 0.05) is 27.5 Å². The molecule has 0 radical (unpaired) electrons. The van der Waals surface area contributed by atoms with Crippen molar-refractivity contribution in [3.63, 3.8) is 0 Å². The van der Waals surface area contributed by atoms with Crippen molar-refractivity contribution < 1.29 is 4.57 Å². The third kappa shape index (κ3) is 4.39. The lowest BCUT2D eigenvalue weighted by Gasteiger charge is -2.25. The van der Waals surface area contributed by atoms with E-state index in [1.807, 2.05) is 66.2 Å². The number of hydrogen-bond acceptors (Lipinski definition) is 2. The van der Waals surface area contributed by atoms with E-state index in [2.05, 4.69) is 48.4 Å². The lowest BCUT2D eigenvalue weighted by Crippen LogP contribution is -2.14. The largest absolute Gasteiger partial charge is 0.298 e. The fourth-order valence-electron chi connectivity index (χ4n) is 3.22. The zero-order chi connectivity index (χ0) is 19.4. The Morgan fingerprint density at radius 1 is 0.714 bits per heavy atom. The normalized spacial score (nSPS) is 16.8. The molecule has 0 saturated heterocycles. The van der Waals surface area contributed by atoms with Crippen molar-refractivity contribution in [3.8, 4) is 0 Å². The maximum atomic E-state index is 13.9. The van der Waals surface area contributed by atoms with Crippen molar-refractivity contribution in [2.75, 3.05) is 0 Å². The third-order valence-electron chi connectivity index (χ3n) is 4.65. The fraction of sp³-hybridized carbons (Fsp3) is 0.0833. The minimum Gasteiger partial charge on any atom is -0.298 e. The maximum Gasteiger partial charge on any atom is 0.193 e. The van der Waals surface area contributed by atoms with E-state index in [1.54, 1.807) is 11.8 Å². The number of thioether (sulfide) groups is 1. The SMILES string of the molecule is C[C@@H](NP1(=O)C=C(c2ccccc2)SC(c2ccccc2)=C1)c1ccccc1. The average molecular weight is 403 g/mol. The van der Waals surface area contributed by atoms with Crippen LogP contribution >= 0.6 is 19.1 Å². The molecule has 28 heavy (non-hydrogen) atoms. The van der Waals surface area contributed by atoms with E-state index < -0.39 is 7.29 Å². The van der Waals surface area contributed by atoms with Crippen LogP contribution < -0.4 is 5.09 Å². The van der Waals surface area contributed by atoms with E-state index in [1.165, 1.54) is 0 Å². The van der Waals surface area contributed by atoms with Gasteiger partial charge in [0.05, 0.1) is 0 Å². The Morgan fingerprint density at radius 2 is 1.14 bits per heavy atom. The van der Waals surface area contributed by atoms with Gasteiger partial charge in [-0.15, -0.1) is 0 Å². The predicted octanol–water partition coefficient (Wildman–Crippen LogP) is 7.36. The highest BCUT2D eigenvalue weighted by Crippen LogP contribution is 2.59. The van der Waals surface area contributed by atoms with E-state index in [0.717, 1.165) is 26.5 Å². The lowest BCUT2D eigenvalue weighted by molar-refractivity contribution is 0.567. The van der Waals surface area contributed by atoms with Crippen molar-refractivity contribution in [2.45, 2.75) is 13.0 Å². The number of rotatable bonds is 5. The van der Waals surface area contributed by atoms with Crippen LogP contribution in [-0.2, 0) is 4.57 Å². The molecule has 0 unspecified atom stereocenters. The highest BCUT2D eigenvalue weighted by Gasteiger charge is 2.27. The highest BCUT2D eigenvalue weighted by atomic mass is 32.2. The molecule has 3 aromatic rings. The van der Waals surface area contributed by atoms with Gasteiger partial charge in [0.1, 0.15) is 0 Å². The average Bonchev–Trinajstić information content (AvgIpc) is 2.75. The fourth-order valence-corrected chi connectivity index (χ4v) is 7.30. The zero-order valence-electron chi connectivity index (χ0n) is 15.7. The molecule has 4 rings (SSSR count). The summed E-state index contributed by atoms with van der Waals surface area (Å²) in [7, 11) is -2.87. The minimum atomic E-state index is -2.87. The van der Waals surface area contributed by atoms with Gasteiger partial charge in [-0.1, -0.05) is 103 Å². The summed E-state index contributed by atoms with van der Waals surface area (Å²) in [5.41, 5.74) is 3.30. The van der Waals surface area contributed by atoms with Gasteiger partial charge in [-0.3, -0.25) is 9.65 Å². The number of nitrogens with one attached hydrogen (secondary N) is 1. The van der Waals surface area contributed by atoms with Crippen LogP contribution in [0.1, 0.15) is 29.7 Å². The van der Waals surface area contributed by atoms with Crippen LogP contribution in [0.4, 0.5) is 0 Å². The smallest absolute Gasteiger partial charge is 0.193 e. The van der Waals surface area contributed by atoms with Crippen molar-refractivity contribution in [1.29, 1.82) is 0 Å². The van der Waals surface area contributed by atoms with Gasteiger partial charge in [-0.05, 0) is 23.6 Å². The quantitative estimate of drug-likeness (QED) is 0.451. The molecule has 0 fully saturated rings. The molecule has 0 aliphatic carbocycles. The van der Waals surface area contributed by atoms with Crippen molar-refractivity contribution in [2.24, 2.45) is 0 Å². The van der Waals surface area contributed by atoms with Crippen LogP contribution in [0.15, 0.2) is 103 Å². The molecule has 3 aromatic carbocycles. The van der Waals surface area contributed by atoms with Crippen molar-refractivity contribution >= 4 is 28.9 Å². The molecule has 4 heteroatoms. The Labute approximate surface area is 170 Å². The van der Waals surface area contributed by atoms with Crippen molar-refractivity contribution in [3.05, 3.63) is 119 Å². The molecule has 1 atom stereocenters. The van der Waals surface area contributed by atoms with Crippen molar-refractivity contribution in [1.82, 2.24) is 5.09 Å². The number of benzene rings is 3. The second kappa shape index (κ2) is 8.36. The zero-order valence-corrected chi connectivity index (χ0v) is 17.4. The topological polar surface area (TPSA) is 29.1 Å². The van der Waals surface area contributed by atoms with Gasteiger partial charge in [0.15, 0.2) is 7.29 Å². The summed E-state index contributed by atoms with van der Waals surface area (Å²) in [5, 5.41) is 3.40. The standard InChI is InChI=1S/C24H22NOPS/c1-19(20-11-5-2-6-12-20)25-27(26)17-23(21-13-7-3-8-14-21)28-24(18-27)22-15-9-4-10-16-22/h2-19H,1H3,(H,25,26)/t19-/m1/s1. The van der Waals surface area contributed by atoms with Crippen LogP contribution in [0.5, 0.6) is 0 Å². The van der Waals surface area contributed by atoms with Crippen LogP contribution in [0.25, 0.3) is 9.81 Å².